The van der Waals surface area contributed by atoms with Crippen LogP contribution in [0.3, 0.4) is 0 Å². The van der Waals surface area contributed by atoms with Crippen molar-refractivity contribution in [1.29, 1.82) is 0 Å². The fourth-order valence-corrected chi connectivity index (χ4v) is 1.16. The number of halogens is 5. The summed E-state index contributed by atoms with van der Waals surface area (Å²) in [4.78, 5) is 2.74. The molecule has 0 aliphatic heterocycles. The highest BCUT2D eigenvalue weighted by atomic mass is 127. The average Bonchev–Trinajstić information content (AvgIpc) is 1.96. The quantitative estimate of drug-likeness (QED) is 0.440. The molecule has 0 spiro atoms. The lowest BCUT2D eigenvalue weighted by molar-refractivity contribution is 0.139. The van der Waals surface area contributed by atoms with Crippen LogP contribution in [0.1, 0.15) is 12.1 Å². The molecule has 0 aromatic carbocycles. The highest BCUT2D eigenvalue weighted by Gasteiger charge is 2.18. The fourth-order valence-electron chi connectivity index (χ4n) is 0.631. The van der Waals surface area contributed by atoms with Gasteiger partial charge >= 0.3 is 0 Å². The molecular formula is C6H2F4IN. The first-order valence-electron chi connectivity index (χ1n) is 2.82. The van der Waals surface area contributed by atoms with Gasteiger partial charge in [0.15, 0.2) is 5.82 Å². The molecule has 12 heavy (non-hydrogen) atoms. The molecular weight excluding hydrogens is 289 g/mol. The molecule has 0 radical (unpaired) electrons. The van der Waals surface area contributed by atoms with E-state index in [0.717, 1.165) is 6.07 Å². The summed E-state index contributed by atoms with van der Waals surface area (Å²) in [5.41, 5.74) is -1.14. The Morgan fingerprint density at radius 1 is 1.33 bits per heavy atom. The average molecular weight is 291 g/mol. The van der Waals surface area contributed by atoms with Gasteiger partial charge in [-0.05, 0) is 22.6 Å². The molecule has 1 nitrogen and oxygen atoms in total. The van der Waals surface area contributed by atoms with Gasteiger partial charge in [-0.3, -0.25) is 0 Å². The Morgan fingerprint density at radius 2 is 1.92 bits per heavy atom. The minimum Gasteiger partial charge on any atom is -0.216 e. The number of alkyl halides is 2. The standard InChI is InChI=1S/C6H2F4IN/c7-3-1-2(11)4(8)5(12-3)6(9)10/h1,6H. The minimum atomic E-state index is -3.09. The Kier molecular flexibility index (Phi) is 2.86. The van der Waals surface area contributed by atoms with Crippen LogP contribution < -0.4 is 0 Å². The van der Waals surface area contributed by atoms with Crippen LogP contribution in [0.5, 0.6) is 0 Å². The number of hydrogen-bond donors (Lipinski definition) is 0. The first kappa shape index (κ1) is 9.69. The Hall–Kier alpha value is -0.400. The maximum absolute atomic E-state index is 12.7. The first-order chi connectivity index (χ1) is 5.52. The first-order valence-corrected chi connectivity index (χ1v) is 3.90. The van der Waals surface area contributed by atoms with E-state index in [1.165, 1.54) is 22.6 Å². The van der Waals surface area contributed by atoms with Crippen LogP contribution in [0.4, 0.5) is 17.6 Å². The summed E-state index contributed by atoms with van der Waals surface area (Å²) in [7, 11) is 0. The number of rotatable bonds is 1. The third-order valence-electron chi connectivity index (χ3n) is 1.11. The molecule has 0 aliphatic carbocycles. The summed E-state index contributed by atoms with van der Waals surface area (Å²) < 4.78 is 48.7. The van der Waals surface area contributed by atoms with E-state index in [9.17, 15) is 17.6 Å². The predicted octanol–water partition coefficient (Wildman–Crippen LogP) is 2.90. The highest BCUT2D eigenvalue weighted by molar-refractivity contribution is 14.1. The summed E-state index contributed by atoms with van der Waals surface area (Å²) in [6.07, 6.45) is -3.09. The van der Waals surface area contributed by atoms with E-state index < -0.39 is 23.9 Å². The summed E-state index contributed by atoms with van der Waals surface area (Å²) in [5.74, 6) is -2.26. The van der Waals surface area contributed by atoms with Crippen LogP contribution >= 0.6 is 22.6 Å². The minimum absolute atomic E-state index is 0.199. The number of pyridine rings is 1. The number of aromatic nitrogens is 1. The van der Waals surface area contributed by atoms with E-state index in [2.05, 4.69) is 4.98 Å². The Labute approximate surface area is 78.9 Å². The zero-order valence-corrected chi connectivity index (χ0v) is 7.65. The number of nitrogens with zero attached hydrogens (tertiary/aromatic N) is 1. The lowest BCUT2D eigenvalue weighted by Crippen LogP contribution is -2.00. The molecule has 0 aliphatic rings. The van der Waals surface area contributed by atoms with Crippen LogP contribution in [0.2, 0.25) is 0 Å². The zero-order valence-electron chi connectivity index (χ0n) is 5.49. The molecule has 0 atom stereocenters. The van der Waals surface area contributed by atoms with Crippen molar-refractivity contribution in [3.8, 4) is 0 Å². The van der Waals surface area contributed by atoms with Crippen LogP contribution in [0.15, 0.2) is 6.07 Å². The third kappa shape index (κ3) is 1.85. The summed E-state index contributed by atoms with van der Waals surface area (Å²) in [5, 5.41) is 0. The monoisotopic (exact) mass is 291 g/mol. The van der Waals surface area contributed by atoms with Gasteiger partial charge in [-0.2, -0.15) is 4.39 Å². The molecule has 0 unspecified atom stereocenters. The van der Waals surface area contributed by atoms with E-state index in [0.29, 0.717) is 0 Å². The van der Waals surface area contributed by atoms with Crippen LogP contribution in [-0.2, 0) is 0 Å². The summed E-state index contributed by atoms with van der Waals surface area (Å²) >= 11 is 1.42. The van der Waals surface area contributed by atoms with E-state index in [1.807, 2.05) is 0 Å². The molecule has 1 rings (SSSR count). The lowest BCUT2D eigenvalue weighted by atomic mass is 10.3. The van der Waals surface area contributed by atoms with Crippen molar-refractivity contribution in [2.24, 2.45) is 0 Å². The van der Waals surface area contributed by atoms with Gasteiger partial charge in [-0.25, -0.2) is 18.2 Å². The van der Waals surface area contributed by atoms with Crippen molar-refractivity contribution in [3.05, 3.63) is 27.1 Å². The van der Waals surface area contributed by atoms with Gasteiger partial charge in [-0.1, -0.05) is 0 Å². The molecule has 0 N–H and O–H groups in total. The smallest absolute Gasteiger partial charge is 0.216 e. The molecule has 1 heterocycles. The maximum Gasteiger partial charge on any atom is 0.283 e. The largest absolute Gasteiger partial charge is 0.283 e. The third-order valence-corrected chi connectivity index (χ3v) is 1.90. The second kappa shape index (κ2) is 3.55. The Balaban J connectivity index is 3.28. The van der Waals surface area contributed by atoms with Gasteiger partial charge < -0.3 is 0 Å². The Morgan fingerprint density at radius 3 is 2.42 bits per heavy atom. The molecule has 0 amide bonds. The fraction of sp³-hybridized carbons (Fsp3) is 0.167. The maximum atomic E-state index is 12.7. The molecule has 6 heteroatoms. The number of hydrogen-bond acceptors (Lipinski definition) is 1. The topological polar surface area (TPSA) is 12.9 Å². The molecule has 0 fully saturated rings. The summed E-state index contributed by atoms with van der Waals surface area (Å²) in [6.45, 7) is 0. The molecule has 66 valence electrons. The summed E-state index contributed by atoms with van der Waals surface area (Å²) in [6, 6.07) is 0.752. The normalized spacial score (nSPS) is 10.8. The van der Waals surface area contributed by atoms with E-state index in [4.69, 9.17) is 0 Å². The van der Waals surface area contributed by atoms with Crippen LogP contribution in [0.25, 0.3) is 0 Å². The SMILES string of the molecule is Fc1cc(I)c(F)c(C(F)F)n1. The molecule has 0 bridgehead atoms. The second-order valence-corrected chi connectivity index (χ2v) is 3.09. The lowest BCUT2D eigenvalue weighted by Gasteiger charge is -2.01. The van der Waals surface area contributed by atoms with Gasteiger partial charge in [0.1, 0.15) is 5.69 Å². The van der Waals surface area contributed by atoms with Crippen molar-refractivity contribution in [3.63, 3.8) is 0 Å². The highest BCUT2D eigenvalue weighted by Crippen LogP contribution is 2.23. The van der Waals surface area contributed by atoms with Crippen LogP contribution in [0, 0.1) is 15.3 Å². The van der Waals surface area contributed by atoms with Crippen LogP contribution in [-0.4, -0.2) is 4.98 Å². The van der Waals surface area contributed by atoms with Gasteiger partial charge in [0, 0.05) is 6.07 Å². The van der Waals surface area contributed by atoms with E-state index in [-0.39, 0.29) is 3.57 Å². The Bertz CT molecular complexity index is 302. The molecule has 0 saturated heterocycles. The zero-order chi connectivity index (χ0) is 9.30. The van der Waals surface area contributed by atoms with Crippen molar-refractivity contribution in [2.45, 2.75) is 6.43 Å². The van der Waals surface area contributed by atoms with Crippen molar-refractivity contribution < 1.29 is 17.6 Å². The van der Waals surface area contributed by atoms with Gasteiger partial charge in [-0.15, -0.1) is 0 Å². The van der Waals surface area contributed by atoms with Crippen molar-refractivity contribution in [2.75, 3.05) is 0 Å². The van der Waals surface area contributed by atoms with E-state index in [1.54, 1.807) is 0 Å². The molecule has 1 aromatic heterocycles. The molecule has 1 aromatic rings. The van der Waals surface area contributed by atoms with Gasteiger partial charge in [0.2, 0.25) is 5.95 Å². The predicted molar refractivity (Wildman–Crippen MR) is 41.8 cm³/mol. The van der Waals surface area contributed by atoms with Gasteiger partial charge in [0.05, 0.1) is 3.57 Å². The van der Waals surface area contributed by atoms with Gasteiger partial charge in [0.25, 0.3) is 6.43 Å². The molecule has 0 saturated carbocycles. The van der Waals surface area contributed by atoms with Crippen molar-refractivity contribution in [1.82, 2.24) is 4.98 Å². The van der Waals surface area contributed by atoms with E-state index >= 15 is 0 Å². The second-order valence-electron chi connectivity index (χ2n) is 1.93. The van der Waals surface area contributed by atoms with Crippen molar-refractivity contribution >= 4 is 22.6 Å².